The second-order valence-corrected chi connectivity index (χ2v) is 9.95. The Labute approximate surface area is 197 Å². The Balaban J connectivity index is 1.67. The minimum absolute atomic E-state index is 0.347. The highest BCUT2D eigenvalue weighted by molar-refractivity contribution is 9.10. The quantitative estimate of drug-likeness (QED) is 0.337. The number of furan rings is 1. The molecule has 3 rings (SSSR count). The predicted molar refractivity (Wildman–Crippen MR) is 126 cm³/mol. The first-order valence-corrected chi connectivity index (χ1v) is 12.1. The molecule has 0 unspecified atom stereocenters. The summed E-state index contributed by atoms with van der Waals surface area (Å²) in [5.74, 6) is 0.253. The van der Waals surface area contributed by atoms with Crippen molar-refractivity contribution >= 4 is 67.0 Å². The van der Waals surface area contributed by atoms with Crippen LogP contribution in [0.1, 0.15) is 5.76 Å². The van der Waals surface area contributed by atoms with Gasteiger partial charge < -0.3 is 4.42 Å². The lowest BCUT2D eigenvalue weighted by atomic mass is 10.2. The molecular formula is C20H16BrCl2N3O4S. The highest BCUT2D eigenvalue weighted by Gasteiger charge is 2.22. The molecule has 3 aromatic rings. The van der Waals surface area contributed by atoms with Crippen LogP contribution in [-0.2, 0) is 14.8 Å². The number of hydrogen-bond donors (Lipinski definition) is 1. The lowest BCUT2D eigenvalue weighted by Crippen LogP contribution is -2.39. The molecule has 31 heavy (non-hydrogen) atoms. The van der Waals surface area contributed by atoms with Crippen molar-refractivity contribution in [1.82, 2.24) is 5.43 Å². The molecule has 0 bridgehead atoms. The number of hydrazone groups is 1. The molecule has 7 nitrogen and oxygen atoms in total. The summed E-state index contributed by atoms with van der Waals surface area (Å²) in [4.78, 5) is 12.3. The Hall–Kier alpha value is -2.33. The monoisotopic (exact) mass is 543 g/mol. The van der Waals surface area contributed by atoms with Gasteiger partial charge in [-0.1, -0.05) is 35.3 Å². The van der Waals surface area contributed by atoms with Crippen molar-refractivity contribution in [2.75, 3.05) is 17.1 Å². The van der Waals surface area contributed by atoms with E-state index in [1.54, 1.807) is 54.6 Å². The van der Waals surface area contributed by atoms with E-state index in [2.05, 4.69) is 26.5 Å². The number of para-hydroxylation sites is 1. The van der Waals surface area contributed by atoms with Gasteiger partial charge in [0.05, 0.1) is 23.2 Å². The molecule has 1 amide bonds. The lowest BCUT2D eigenvalue weighted by molar-refractivity contribution is -0.119. The van der Waals surface area contributed by atoms with Crippen molar-refractivity contribution in [3.8, 4) is 11.3 Å². The fourth-order valence-corrected chi connectivity index (χ4v) is 4.61. The van der Waals surface area contributed by atoms with E-state index in [0.29, 0.717) is 37.3 Å². The van der Waals surface area contributed by atoms with Gasteiger partial charge in [-0.15, -0.1) is 0 Å². The topological polar surface area (TPSA) is 92.0 Å². The zero-order valence-corrected chi connectivity index (χ0v) is 20.0. The van der Waals surface area contributed by atoms with E-state index in [9.17, 15) is 13.2 Å². The number of anilines is 1. The number of benzene rings is 2. The standard InChI is InChI=1S/C20H16BrCl2N3O4S/c1-31(28,29)26(18-5-3-2-4-16(18)21)12-20(27)25-24-11-14-7-9-19(30-14)15-8-6-13(22)10-17(15)23/h2-11H,12H2,1H3,(H,25,27)/b24-11+. The molecular weight excluding hydrogens is 529 g/mol. The van der Waals surface area contributed by atoms with Crippen LogP contribution in [0.5, 0.6) is 0 Å². The predicted octanol–water partition coefficient (Wildman–Crippen LogP) is 4.93. The lowest BCUT2D eigenvalue weighted by Gasteiger charge is -2.22. The minimum atomic E-state index is -3.70. The summed E-state index contributed by atoms with van der Waals surface area (Å²) in [6.07, 6.45) is 2.32. The average Bonchev–Trinajstić information content (AvgIpc) is 3.14. The summed E-state index contributed by atoms with van der Waals surface area (Å²) in [6, 6.07) is 15.1. The zero-order chi connectivity index (χ0) is 22.6. The van der Waals surface area contributed by atoms with E-state index in [1.165, 1.54) is 6.21 Å². The molecule has 11 heteroatoms. The van der Waals surface area contributed by atoms with Crippen molar-refractivity contribution in [3.63, 3.8) is 0 Å². The van der Waals surface area contributed by atoms with Crippen molar-refractivity contribution in [2.45, 2.75) is 0 Å². The molecule has 2 aromatic carbocycles. The van der Waals surface area contributed by atoms with Crippen LogP contribution in [0.2, 0.25) is 10.0 Å². The van der Waals surface area contributed by atoms with Gasteiger partial charge in [-0.05, 0) is 58.4 Å². The van der Waals surface area contributed by atoms with Gasteiger partial charge >= 0.3 is 0 Å². The van der Waals surface area contributed by atoms with Crippen molar-refractivity contribution in [3.05, 3.63) is 74.9 Å². The van der Waals surface area contributed by atoms with Gasteiger partial charge in [0.1, 0.15) is 18.1 Å². The second-order valence-electron chi connectivity index (χ2n) is 6.34. The number of hydrogen-bond acceptors (Lipinski definition) is 5. The first kappa shape index (κ1) is 23.3. The molecule has 0 radical (unpaired) electrons. The molecule has 0 aliphatic heterocycles. The first-order chi connectivity index (χ1) is 14.6. The summed E-state index contributed by atoms with van der Waals surface area (Å²) in [7, 11) is -3.70. The first-order valence-electron chi connectivity index (χ1n) is 8.74. The van der Waals surface area contributed by atoms with Gasteiger partial charge in [-0.2, -0.15) is 5.10 Å². The van der Waals surface area contributed by atoms with Crippen molar-refractivity contribution < 1.29 is 17.6 Å². The van der Waals surface area contributed by atoms with Crippen LogP contribution in [0.3, 0.4) is 0 Å². The van der Waals surface area contributed by atoms with Crippen LogP contribution >= 0.6 is 39.1 Å². The van der Waals surface area contributed by atoms with E-state index in [4.69, 9.17) is 27.6 Å². The molecule has 0 saturated heterocycles. The van der Waals surface area contributed by atoms with Crippen molar-refractivity contribution in [1.29, 1.82) is 0 Å². The zero-order valence-electron chi connectivity index (χ0n) is 16.1. The highest BCUT2D eigenvalue weighted by Crippen LogP contribution is 2.31. The molecule has 0 spiro atoms. The molecule has 0 aliphatic carbocycles. The average molecular weight is 545 g/mol. The van der Waals surface area contributed by atoms with Gasteiger partial charge in [0.2, 0.25) is 10.0 Å². The van der Waals surface area contributed by atoms with Gasteiger partial charge in [0.15, 0.2) is 0 Å². The van der Waals surface area contributed by atoms with E-state index >= 15 is 0 Å². The van der Waals surface area contributed by atoms with Crippen LogP contribution in [0, 0.1) is 0 Å². The third kappa shape index (κ3) is 6.10. The van der Waals surface area contributed by atoms with Crippen LogP contribution in [0.25, 0.3) is 11.3 Å². The van der Waals surface area contributed by atoms with E-state index in [0.717, 1.165) is 10.6 Å². The SMILES string of the molecule is CS(=O)(=O)N(CC(=O)N/N=C/c1ccc(-c2ccc(Cl)cc2Cl)o1)c1ccccc1Br. The van der Waals surface area contributed by atoms with Gasteiger partial charge in [0, 0.05) is 15.1 Å². The fraction of sp³-hybridized carbons (Fsp3) is 0.100. The molecule has 162 valence electrons. The Kier molecular flexibility index (Phi) is 7.42. The summed E-state index contributed by atoms with van der Waals surface area (Å²) >= 11 is 15.4. The minimum Gasteiger partial charge on any atom is -0.455 e. The third-order valence-corrected chi connectivity index (χ3v) is 6.36. The van der Waals surface area contributed by atoms with Gasteiger partial charge in [-0.25, -0.2) is 13.8 Å². The fourth-order valence-electron chi connectivity index (χ4n) is 2.63. The number of carbonyl (C=O) groups is 1. The van der Waals surface area contributed by atoms with E-state index in [-0.39, 0.29) is 0 Å². The van der Waals surface area contributed by atoms with Crippen LogP contribution in [0.4, 0.5) is 5.69 Å². The number of nitrogens with one attached hydrogen (secondary N) is 1. The van der Waals surface area contributed by atoms with E-state index in [1.807, 2.05) is 0 Å². The number of nitrogens with zero attached hydrogens (tertiary/aromatic N) is 2. The number of amides is 1. The maximum absolute atomic E-state index is 12.3. The Morgan fingerprint density at radius 3 is 2.61 bits per heavy atom. The Morgan fingerprint density at radius 1 is 1.19 bits per heavy atom. The van der Waals surface area contributed by atoms with Crippen LogP contribution < -0.4 is 9.73 Å². The highest BCUT2D eigenvalue weighted by atomic mass is 79.9. The van der Waals surface area contributed by atoms with Gasteiger partial charge in [0.25, 0.3) is 5.91 Å². The smallest absolute Gasteiger partial charge is 0.260 e. The molecule has 1 heterocycles. The molecule has 0 saturated carbocycles. The molecule has 0 fully saturated rings. The largest absolute Gasteiger partial charge is 0.455 e. The number of carbonyl (C=O) groups excluding carboxylic acids is 1. The number of rotatable bonds is 7. The summed E-state index contributed by atoms with van der Waals surface area (Å²) < 4.78 is 31.5. The van der Waals surface area contributed by atoms with Gasteiger partial charge in [-0.3, -0.25) is 9.10 Å². The molecule has 0 aliphatic rings. The third-order valence-electron chi connectivity index (χ3n) is 4.01. The normalized spacial score (nSPS) is 11.6. The molecule has 0 atom stereocenters. The Bertz CT molecular complexity index is 1240. The maximum Gasteiger partial charge on any atom is 0.260 e. The number of sulfonamides is 1. The van der Waals surface area contributed by atoms with E-state index < -0.39 is 22.5 Å². The maximum atomic E-state index is 12.3. The van der Waals surface area contributed by atoms with Crippen LogP contribution in [-0.4, -0.2) is 33.3 Å². The molecule has 1 N–H and O–H groups in total. The Morgan fingerprint density at radius 2 is 1.94 bits per heavy atom. The van der Waals surface area contributed by atoms with Crippen LogP contribution in [0.15, 0.2) is 68.6 Å². The number of halogens is 3. The second kappa shape index (κ2) is 9.86. The summed E-state index contributed by atoms with van der Waals surface area (Å²) in [5.41, 5.74) is 3.30. The van der Waals surface area contributed by atoms with Crippen molar-refractivity contribution in [2.24, 2.45) is 5.10 Å². The summed E-state index contributed by atoms with van der Waals surface area (Å²) in [6.45, 7) is -0.442. The summed E-state index contributed by atoms with van der Waals surface area (Å²) in [5, 5.41) is 4.78. The molecule has 1 aromatic heterocycles.